The molecular weight excluding hydrogens is 192 g/mol. The van der Waals surface area contributed by atoms with E-state index >= 15 is 0 Å². The number of thiophene rings is 1. The van der Waals surface area contributed by atoms with Crippen LogP contribution in [0, 0.1) is 6.92 Å². The van der Waals surface area contributed by atoms with Gasteiger partial charge in [0.15, 0.2) is 0 Å². The standard InChI is InChI=1S/C12H14OS/c1-3-11(13)9-4-5-10-6-8(2)14-12(10)7-9/h4-7,11,13H,3H2,1-2H3. The number of aliphatic hydroxyl groups excluding tert-OH is 1. The summed E-state index contributed by atoms with van der Waals surface area (Å²) in [5.74, 6) is 0. The van der Waals surface area contributed by atoms with Crippen molar-refractivity contribution in [2.45, 2.75) is 26.4 Å². The molecule has 14 heavy (non-hydrogen) atoms. The molecule has 0 aliphatic heterocycles. The second kappa shape index (κ2) is 3.71. The van der Waals surface area contributed by atoms with Crippen molar-refractivity contribution < 1.29 is 5.11 Å². The zero-order valence-corrected chi connectivity index (χ0v) is 9.27. The van der Waals surface area contributed by atoms with Gasteiger partial charge in [-0.15, -0.1) is 11.3 Å². The van der Waals surface area contributed by atoms with Crippen molar-refractivity contribution in [2.24, 2.45) is 0 Å². The van der Waals surface area contributed by atoms with Crippen LogP contribution in [-0.4, -0.2) is 5.11 Å². The fourth-order valence-corrected chi connectivity index (χ4v) is 2.60. The molecule has 2 aromatic rings. The highest BCUT2D eigenvalue weighted by molar-refractivity contribution is 7.19. The number of aryl methyl sites for hydroxylation is 1. The lowest BCUT2D eigenvalue weighted by Crippen LogP contribution is -1.93. The van der Waals surface area contributed by atoms with Crippen LogP contribution in [0.15, 0.2) is 24.3 Å². The lowest BCUT2D eigenvalue weighted by atomic mass is 10.1. The largest absolute Gasteiger partial charge is 0.388 e. The molecular formula is C12H14OS. The van der Waals surface area contributed by atoms with Crippen molar-refractivity contribution in [3.05, 3.63) is 34.7 Å². The molecule has 1 aromatic heterocycles. The van der Waals surface area contributed by atoms with Crippen LogP contribution in [0.2, 0.25) is 0 Å². The molecule has 0 aliphatic carbocycles. The summed E-state index contributed by atoms with van der Waals surface area (Å²) in [6.45, 7) is 4.11. The molecule has 0 radical (unpaired) electrons. The molecule has 1 unspecified atom stereocenters. The van der Waals surface area contributed by atoms with Crippen LogP contribution in [0.1, 0.15) is 29.9 Å². The van der Waals surface area contributed by atoms with Gasteiger partial charge in [0.2, 0.25) is 0 Å². The van der Waals surface area contributed by atoms with Crippen molar-refractivity contribution >= 4 is 21.4 Å². The minimum atomic E-state index is -0.318. The van der Waals surface area contributed by atoms with Gasteiger partial charge in [-0.25, -0.2) is 0 Å². The Kier molecular flexibility index (Phi) is 2.57. The highest BCUT2D eigenvalue weighted by Crippen LogP contribution is 2.28. The highest BCUT2D eigenvalue weighted by Gasteiger charge is 2.06. The van der Waals surface area contributed by atoms with Crippen molar-refractivity contribution in [1.82, 2.24) is 0 Å². The molecule has 2 heteroatoms. The van der Waals surface area contributed by atoms with Gasteiger partial charge < -0.3 is 5.11 Å². The Bertz CT molecular complexity index is 445. The first kappa shape index (κ1) is 9.69. The quantitative estimate of drug-likeness (QED) is 0.795. The van der Waals surface area contributed by atoms with Gasteiger partial charge in [-0.3, -0.25) is 0 Å². The third-order valence-electron chi connectivity index (χ3n) is 2.44. The van der Waals surface area contributed by atoms with Gasteiger partial charge in [0.25, 0.3) is 0 Å². The molecule has 1 atom stereocenters. The molecule has 1 N–H and O–H groups in total. The summed E-state index contributed by atoms with van der Waals surface area (Å²) >= 11 is 1.78. The Morgan fingerprint density at radius 3 is 2.86 bits per heavy atom. The summed E-state index contributed by atoms with van der Waals surface area (Å²) < 4.78 is 1.27. The number of fused-ring (bicyclic) bond motifs is 1. The molecule has 0 spiro atoms. The molecule has 1 aromatic carbocycles. The number of rotatable bonds is 2. The third-order valence-corrected chi connectivity index (χ3v) is 3.45. The second-order valence-corrected chi connectivity index (χ2v) is 4.87. The van der Waals surface area contributed by atoms with Crippen molar-refractivity contribution in [3.63, 3.8) is 0 Å². The van der Waals surface area contributed by atoms with Crippen LogP contribution in [0.5, 0.6) is 0 Å². The SMILES string of the molecule is CCC(O)c1ccc2cc(C)sc2c1. The van der Waals surface area contributed by atoms with E-state index in [-0.39, 0.29) is 6.10 Å². The maximum atomic E-state index is 9.70. The third kappa shape index (κ3) is 1.68. The molecule has 2 rings (SSSR count). The zero-order chi connectivity index (χ0) is 10.1. The summed E-state index contributed by atoms with van der Waals surface area (Å²) in [6, 6.07) is 8.39. The second-order valence-electron chi connectivity index (χ2n) is 3.58. The van der Waals surface area contributed by atoms with E-state index in [4.69, 9.17) is 0 Å². The van der Waals surface area contributed by atoms with Crippen molar-refractivity contribution in [2.75, 3.05) is 0 Å². The van der Waals surface area contributed by atoms with E-state index in [2.05, 4.69) is 25.1 Å². The first-order chi connectivity index (χ1) is 6.70. The topological polar surface area (TPSA) is 20.2 Å². The lowest BCUT2D eigenvalue weighted by molar-refractivity contribution is 0.174. The van der Waals surface area contributed by atoms with E-state index in [0.717, 1.165) is 12.0 Å². The van der Waals surface area contributed by atoms with Crippen LogP contribution in [0.25, 0.3) is 10.1 Å². The number of benzene rings is 1. The molecule has 1 nitrogen and oxygen atoms in total. The van der Waals surface area contributed by atoms with Gasteiger partial charge in [0, 0.05) is 9.58 Å². The van der Waals surface area contributed by atoms with Gasteiger partial charge in [-0.2, -0.15) is 0 Å². The Labute approximate surface area is 88.0 Å². The predicted octanol–water partition coefficient (Wildman–Crippen LogP) is 3.65. The molecule has 0 fully saturated rings. The van der Waals surface area contributed by atoms with Gasteiger partial charge in [-0.05, 0) is 36.4 Å². The fourth-order valence-electron chi connectivity index (χ4n) is 1.62. The number of hydrogen-bond donors (Lipinski definition) is 1. The van der Waals surface area contributed by atoms with Gasteiger partial charge >= 0.3 is 0 Å². The van der Waals surface area contributed by atoms with Crippen molar-refractivity contribution in [3.8, 4) is 0 Å². The van der Waals surface area contributed by atoms with Gasteiger partial charge in [0.05, 0.1) is 6.10 Å². The molecule has 74 valence electrons. The normalized spacial score (nSPS) is 13.4. The minimum absolute atomic E-state index is 0.318. The van der Waals surface area contributed by atoms with E-state index in [9.17, 15) is 5.11 Å². The first-order valence-corrected chi connectivity index (χ1v) is 5.70. The van der Waals surface area contributed by atoms with E-state index in [0.29, 0.717) is 0 Å². The Morgan fingerprint density at radius 1 is 1.36 bits per heavy atom. The summed E-state index contributed by atoms with van der Waals surface area (Å²) in [5, 5.41) is 11.0. The summed E-state index contributed by atoms with van der Waals surface area (Å²) in [4.78, 5) is 1.32. The Balaban J connectivity index is 2.50. The van der Waals surface area contributed by atoms with E-state index in [1.165, 1.54) is 15.0 Å². The maximum absolute atomic E-state index is 9.70. The molecule has 0 bridgehead atoms. The van der Waals surface area contributed by atoms with Crippen LogP contribution < -0.4 is 0 Å². The molecule has 0 saturated heterocycles. The van der Waals surface area contributed by atoms with E-state index in [1.54, 1.807) is 11.3 Å². The molecule has 0 saturated carbocycles. The lowest BCUT2D eigenvalue weighted by Gasteiger charge is -2.07. The van der Waals surface area contributed by atoms with Gasteiger partial charge in [0.1, 0.15) is 0 Å². The number of hydrogen-bond acceptors (Lipinski definition) is 2. The average Bonchev–Trinajstić information content (AvgIpc) is 2.55. The van der Waals surface area contributed by atoms with Gasteiger partial charge in [-0.1, -0.05) is 19.1 Å². The van der Waals surface area contributed by atoms with Crippen LogP contribution in [0.3, 0.4) is 0 Å². The van der Waals surface area contributed by atoms with Crippen LogP contribution >= 0.6 is 11.3 Å². The molecule has 0 aliphatic rings. The fraction of sp³-hybridized carbons (Fsp3) is 0.333. The Hall–Kier alpha value is -0.860. The predicted molar refractivity (Wildman–Crippen MR) is 61.8 cm³/mol. The molecule has 1 heterocycles. The highest BCUT2D eigenvalue weighted by atomic mass is 32.1. The summed E-state index contributed by atoms with van der Waals surface area (Å²) in [5.41, 5.74) is 1.03. The van der Waals surface area contributed by atoms with Crippen LogP contribution in [0.4, 0.5) is 0 Å². The Morgan fingerprint density at radius 2 is 2.14 bits per heavy atom. The first-order valence-electron chi connectivity index (χ1n) is 4.89. The number of aliphatic hydroxyl groups is 1. The maximum Gasteiger partial charge on any atom is 0.0787 e. The van der Waals surface area contributed by atoms with Crippen molar-refractivity contribution in [1.29, 1.82) is 0 Å². The van der Waals surface area contributed by atoms with E-state index < -0.39 is 0 Å². The summed E-state index contributed by atoms with van der Waals surface area (Å²) in [6.07, 6.45) is 0.456. The van der Waals surface area contributed by atoms with E-state index in [1.807, 2.05) is 13.0 Å². The molecule has 0 amide bonds. The minimum Gasteiger partial charge on any atom is -0.388 e. The van der Waals surface area contributed by atoms with Crippen LogP contribution in [-0.2, 0) is 0 Å². The average molecular weight is 206 g/mol. The smallest absolute Gasteiger partial charge is 0.0787 e. The zero-order valence-electron chi connectivity index (χ0n) is 8.45. The monoisotopic (exact) mass is 206 g/mol. The summed E-state index contributed by atoms with van der Waals surface area (Å²) in [7, 11) is 0.